The summed E-state index contributed by atoms with van der Waals surface area (Å²) < 4.78 is 13.6. The number of hydrogen-bond acceptors (Lipinski definition) is 2. The first kappa shape index (κ1) is 22.8. The van der Waals surface area contributed by atoms with Gasteiger partial charge in [-0.1, -0.05) is 60.7 Å². The molecule has 2 saturated heterocycles. The molecule has 176 valence electrons. The maximum Gasteiger partial charge on any atom is 0.253 e. The van der Waals surface area contributed by atoms with Gasteiger partial charge in [-0.25, -0.2) is 4.39 Å². The van der Waals surface area contributed by atoms with Crippen LogP contribution in [0.3, 0.4) is 0 Å². The van der Waals surface area contributed by atoms with Crippen molar-refractivity contribution in [1.82, 2.24) is 9.80 Å². The number of benzene rings is 3. The lowest BCUT2D eigenvalue weighted by Crippen LogP contribution is -2.39. The van der Waals surface area contributed by atoms with Crippen LogP contribution in [-0.4, -0.2) is 48.4 Å². The molecule has 0 bridgehead atoms. The quantitative estimate of drug-likeness (QED) is 0.480. The highest BCUT2D eigenvalue weighted by atomic mass is 19.1. The van der Waals surface area contributed by atoms with Gasteiger partial charge in [0.1, 0.15) is 5.82 Å². The molecule has 2 heterocycles. The molecule has 3 aromatic rings. The molecular weight excluding hydrogens is 423 g/mol. The molecule has 0 aliphatic carbocycles. The van der Waals surface area contributed by atoms with Crippen molar-refractivity contribution in [1.29, 1.82) is 0 Å². The fraction of sp³-hybridized carbons (Fsp3) is 0.367. The van der Waals surface area contributed by atoms with Crippen molar-refractivity contribution in [2.75, 3.05) is 32.7 Å². The van der Waals surface area contributed by atoms with E-state index < -0.39 is 0 Å². The Hall–Kier alpha value is -2.98. The summed E-state index contributed by atoms with van der Waals surface area (Å²) in [7, 11) is 0. The Morgan fingerprint density at radius 3 is 2.15 bits per heavy atom. The molecule has 2 atom stereocenters. The third-order valence-corrected chi connectivity index (χ3v) is 7.61. The number of piperidine rings is 1. The van der Waals surface area contributed by atoms with Crippen molar-refractivity contribution in [2.45, 2.75) is 25.2 Å². The lowest BCUT2D eigenvalue weighted by Gasteiger charge is -2.34. The SMILES string of the molecule is O=C(c1ccccc1)N1CC(CN2CCC(Cc3ccccc3)CC2)C(c2ccc(F)cc2)C1. The fourth-order valence-electron chi connectivity index (χ4n) is 5.73. The number of rotatable bonds is 6. The van der Waals surface area contributed by atoms with Crippen molar-refractivity contribution in [3.63, 3.8) is 0 Å². The summed E-state index contributed by atoms with van der Waals surface area (Å²) in [6.45, 7) is 4.64. The Morgan fingerprint density at radius 1 is 0.824 bits per heavy atom. The van der Waals surface area contributed by atoms with E-state index in [1.165, 1.54) is 18.4 Å². The zero-order chi connectivity index (χ0) is 23.3. The molecule has 0 saturated carbocycles. The minimum Gasteiger partial charge on any atom is -0.338 e. The maximum atomic E-state index is 13.6. The normalized spacial score (nSPS) is 21.6. The molecule has 0 radical (unpaired) electrons. The smallest absolute Gasteiger partial charge is 0.253 e. The van der Waals surface area contributed by atoms with Crippen molar-refractivity contribution in [2.24, 2.45) is 11.8 Å². The molecular formula is C30H33FN2O. The molecule has 0 aromatic heterocycles. The molecule has 3 nitrogen and oxygen atoms in total. The van der Waals surface area contributed by atoms with E-state index in [1.54, 1.807) is 12.1 Å². The number of hydrogen-bond donors (Lipinski definition) is 0. The molecule has 2 aliphatic heterocycles. The van der Waals surface area contributed by atoms with Gasteiger partial charge in [-0.15, -0.1) is 0 Å². The lowest BCUT2D eigenvalue weighted by molar-refractivity contribution is 0.0780. The zero-order valence-electron chi connectivity index (χ0n) is 19.7. The standard InChI is InChI=1S/C30H33FN2O/c31-28-13-11-25(12-14-28)29-22-33(30(34)26-9-5-2-6-10-26)21-27(29)20-32-17-15-24(16-18-32)19-23-7-3-1-4-8-23/h1-14,24,27,29H,15-22H2. The topological polar surface area (TPSA) is 23.6 Å². The summed E-state index contributed by atoms with van der Waals surface area (Å²) >= 11 is 0. The van der Waals surface area contributed by atoms with Crippen LogP contribution in [0.15, 0.2) is 84.9 Å². The number of halogens is 1. The van der Waals surface area contributed by atoms with E-state index >= 15 is 0 Å². The van der Waals surface area contributed by atoms with Crippen LogP contribution < -0.4 is 0 Å². The Kier molecular flexibility index (Phi) is 7.05. The van der Waals surface area contributed by atoms with Crippen LogP contribution in [0.25, 0.3) is 0 Å². The summed E-state index contributed by atoms with van der Waals surface area (Å²) in [5.41, 5.74) is 3.31. The molecule has 0 N–H and O–H groups in total. The largest absolute Gasteiger partial charge is 0.338 e. The van der Waals surface area contributed by atoms with Crippen molar-refractivity contribution >= 4 is 5.91 Å². The van der Waals surface area contributed by atoms with Crippen LogP contribution in [0.1, 0.15) is 40.2 Å². The van der Waals surface area contributed by atoms with Crippen molar-refractivity contribution in [3.8, 4) is 0 Å². The second-order valence-electron chi connectivity index (χ2n) is 9.93. The second kappa shape index (κ2) is 10.5. The molecule has 4 heteroatoms. The number of carbonyl (C=O) groups is 1. The van der Waals surface area contributed by atoms with Gasteiger partial charge >= 0.3 is 0 Å². The van der Waals surface area contributed by atoms with Gasteiger partial charge in [-0.05, 0) is 79.6 Å². The Morgan fingerprint density at radius 2 is 1.47 bits per heavy atom. The van der Waals surface area contributed by atoms with Crippen LogP contribution in [0.5, 0.6) is 0 Å². The Bertz CT molecular complexity index is 1060. The van der Waals surface area contributed by atoms with Gasteiger partial charge in [-0.2, -0.15) is 0 Å². The monoisotopic (exact) mass is 456 g/mol. The van der Waals surface area contributed by atoms with Crippen LogP contribution in [0.4, 0.5) is 4.39 Å². The highest BCUT2D eigenvalue weighted by molar-refractivity contribution is 5.94. The van der Waals surface area contributed by atoms with Gasteiger partial charge in [0.2, 0.25) is 0 Å². The van der Waals surface area contributed by atoms with Gasteiger partial charge in [0.25, 0.3) is 5.91 Å². The van der Waals surface area contributed by atoms with E-state index in [2.05, 4.69) is 35.2 Å². The highest BCUT2D eigenvalue weighted by Crippen LogP contribution is 2.35. The number of nitrogens with zero attached hydrogens (tertiary/aromatic N) is 2. The van der Waals surface area contributed by atoms with Crippen LogP contribution >= 0.6 is 0 Å². The first-order chi connectivity index (χ1) is 16.7. The van der Waals surface area contributed by atoms with Gasteiger partial charge < -0.3 is 9.80 Å². The van der Waals surface area contributed by atoms with E-state index in [-0.39, 0.29) is 17.6 Å². The number of carbonyl (C=O) groups excluding carboxylic acids is 1. The molecule has 34 heavy (non-hydrogen) atoms. The molecule has 5 rings (SSSR count). The van der Waals surface area contributed by atoms with Gasteiger partial charge in [0.05, 0.1) is 0 Å². The molecule has 3 aromatic carbocycles. The predicted octanol–water partition coefficient (Wildman–Crippen LogP) is 5.64. The predicted molar refractivity (Wildman–Crippen MR) is 134 cm³/mol. The maximum absolute atomic E-state index is 13.6. The second-order valence-corrected chi connectivity index (χ2v) is 9.93. The number of likely N-dealkylation sites (tertiary alicyclic amines) is 2. The summed E-state index contributed by atoms with van der Waals surface area (Å²) in [5.74, 6) is 1.21. The van der Waals surface area contributed by atoms with Crippen LogP contribution in [0.2, 0.25) is 0 Å². The van der Waals surface area contributed by atoms with E-state index in [0.717, 1.165) is 49.6 Å². The molecule has 2 unspecified atom stereocenters. The van der Waals surface area contributed by atoms with E-state index in [0.29, 0.717) is 12.5 Å². The average Bonchev–Trinajstić information content (AvgIpc) is 3.30. The third kappa shape index (κ3) is 5.39. The molecule has 0 spiro atoms. The zero-order valence-corrected chi connectivity index (χ0v) is 19.7. The Balaban J connectivity index is 1.25. The Labute approximate surface area is 202 Å². The van der Waals surface area contributed by atoms with Gasteiger partial charge in [0.15, 0.2) is 0 Å². The van der Waals surface area contributed by atoms with Crippen molar-refractivity contribution in [3.05, 3.63) is 107 Å². The minimum atomic E-state index is -0.212. The first-order valence-corrected chi connectivity index (χ1v) is 12.5. The van der Waals surface area contributed by atoms with Gasteiger partial charge in [0, 0.05) is 31.1 Å². The lowest BCUT2D eigenvalue weighted by atomic mass is 9.86. The van der Waals surface area contributed by atoms with E-state index in [1.807, 2.05) is 47.4 Å². The summed E-state index contributed by atoms with van der Waals surface area (Å²) in [6.07, 6.45) is 3.60. The van der Waals surface area contributed by atoms with Crippen LogP contribution in [0, 0.1) is 17.7 Å². The third-order valence-electron chi connectivity index (χ3n) is 7.61. The minimum absolute atomic E-state index is 0.0942. The molecule has 2 fully saturated rings. The number of amides is 1. The molecule has 1 amide bonds. The summed E-state index contributed by atoms with van der Waals surface area (Å²) in [6, 6.07) is 27.2. The highest BCUT2D eigenvalue weighted by Gasteiger charge is 2.37. The van der Waals surface area contributed by atoms with Crippen LogP contribution in [-0.2, 0) is 6.42 Å². The first-order valence-electron chi connectivity index (χ1n) is 12.5. The fourth-order valence-corrected chi connectivity index (χ4v) is 5.73. The van der Waals surface area contributed by atoms with E-state index in [9.17, 15) is 9.18 Å². The summed E-state index contributed by atoms with van der Waals surface area (Å²) in [5, 5.41) is 0. The van der Waals surface area contributed by atoms with Crippen molar-refractivity contribution < 1.29 is 9.18 Å². The summed E-state index contributed by atoms with van der Waals surface area (Å²) in [4.78, 5) is 17.8. The van der Waals surface area contributed by atoms with E-state index in [4.69, 9.17) is 0 Å². The molecule has 2 aliphatic rings. The van der Waals surface area contributed by atoms with Gasteiger partial charge in [-0.3, -0.25) is 4.79 Å². The average molecular weight is 457 g/mol.